The van der Waals surface area contributed by atoms with E-state index < -0.39 is 0 Å². The minimum atomic E-state index is 0.0462. The fourth-order valence-electron chi connectivity index (χ4n) is 3.47. The summed E-state index contributed by atoms with van der Waals surface area (Å²) >= 11 is 0. The van der Waals surface area contributed by atoms with Crippen molar-refractivity contribution in [3.05, 3.63) is 35.4 Å². The first-order chi connectivity index (χ1) is 12.5. The minimum Gasteiger partial charge on any atom is -0.507 e. The van der Waals surface area contributed by atoms with E-state index in [1.165, 1.54) is 14.2 Å². The lowest BCUT2D eigenvalue weighted by Crippen LogP contribution is -2.00. The molecule has 1 aliphatic rings. The highest BCUT2D eigenvalue weighted by Gasteiger charge is 2.22. The van der Waals surface area contributed by atoms with Crippen LogP contribution in [0.4, 0.5) is 0 Å². The molecule has 4 bridgehead atoms. The number of aryl methyl sites for hydroxylation is 2. The molecule has 0 saturated heterocycles. The lowest BCUT2D eigenvalue weighted by atomic mass is 9.95. The molecule has 2 aromatic carbocycles. The van der Waals surface area contributed by atoms with Crippen LogP contribution in [0.5, 0.6) is 23.0 Å². The van der Waals surface area contributed by atoms with Gasteiger partial charge in [0.2, 0.25) is 5.75 Å². The van der Waals surface area contributed by atoms with E-state index in [2.05, 4.69) is 0 Å². The fraction of sp³-hybridized carbons (Fsp3) is 0.381. The second-order valence-electron chi connectivity index (χ2n) is 6.60. The number of hydrogen-bond acceptors (Lipinski definition) is 5. The Hall–Kier alpha value is -2.69. The number of aromatic hydroxyl groups is 2. The van der Waals surface area contributed by atoms with Gasteiger partial charge < -0.3 is 19.7 Å². The first-order valence-corrected chi connectivity index (χ1v) is 8.86. The number of phenols is 2. The van der Waals surface area contributed by atoms with Crippen molar-refractivity contribution in [3.63, 3.8) is 0 Å². The summed E-state index contributed by atoms with van der Waals surface area (Å²) in [6.07, 6.45) is 3.87. The second kappa shape index (κ2) is 7.68. The van der Waals surface area contributed by atoms with E-state index in [0.29, 0.717) is 48.1 Å². The Bertz CT molecular complexity index is 826. The molecule has 1 aliphatic carbocycles. The molecule has 26 heavy (non-hydrogen) atoms. The molecular weight excluding hydrogens is 332 g/mol. The quantitative estimate of drug-likeness (QED) is 0.850. The summed E-state index contributed by atoms with van der Waals surface area (Å²) in [5.74, 6) is 1.05. The molecule has 2 N–H and O–H groups in total. The van der Waals surface area contributed by atoms with Gasteiger partial charge in [-0.3, -0.25) is 4.79 Å². The van der Waals surface area contributed by atoms with Crippen LogP contribution in [0.3, 0.4) is 0 Å². The first kappa shape index (κ1) is 18.1. The van der Waals surface area contributed by atoms with Gasteiger partial charge in [-0.25, -0.2) is 0 Å². The second-order valence-corrected chi connectivity index (χ2v) is 6.60. The highest BCUT2D eigenvalue weighted by Crippen LogP contribution is 2.48. The van der Waals surface area contributed by atoms with Crippen LogP contribution in [0.25, 0.3) is 11.1 Å². The number of carbonyl (C=O) groups excluding carboxylic acids is 1. The van der Waals surface area contributed by atoms with E-state index in [0.717, 1.165) is 18.4 Å². The summed E-state index contributed by atoms with van der Waals surface area (Å²) in [7, 11) is 2.99. The van der Waals surface area contributed by atoms with Crippen molar-refractivity contribution >= 4 is 5.78 Å². The van der Waals surface area contributed by atoms with Gasteiger partial charge in [-0.05, 0) is 55.0 Å². The van der Waals surface area contributed by atoms with Crippen LogP contribution in [0.1, 0.15) is 36.8 Å². The summed E-state index contributed by atoms with van der Waals surface area (Å²) in [4.78, 5) is 12.1. The minimum absolute atomic E-state index is 0.0462. The molecule has 2 aromatic rings. The third-order valence-corrected chi connectivity index (χ3v) is 4.89. The van der Waals surface area contributed by atoms with E-state index in [-0.39, 0.29) is 23.0 Å². The number of methoxy groups -OCH3 is 2. The Morgan fingerprint density at radius 3 is 2.31 bits per heavy atom. The van der Waals surface area contributed by atoms with E-state index >= 15 is 0 Å². The summed E-state index contributed by atoms with van der Waals surface area (Å²) in [5.41, 5.74) is 2.96. The zero-order valence-electron chi connectivity index (χ0n) is 15.2. The third kappa shape index (κ3) is 3.47. The lowest BCUT2D eigenvalue weighted by molar-refractivity contribution is -0.119. The van der Waals surface area contributed by atoms with Gasteiger partial charge in [0, 0.05) is 24.0 Å². The zero-order chi connectivity index (χ0) is 18.7. The van der Waals surface area contributed by atoms with Crippen LogP contribution in [0.2, 0.25) is 0 Å². The topological polar surface area (TPSA) is 76.0 Å². The van der Waals surface area contributed by atoms with Crippen molar-refractivity contribution in [2.24, 2.45) is 0 Å². The Labute approximate surface area is 153 Å². The average Bonchev–Trinajstić information content (AvgIpc) is 2.65. The number of hydrogen-bond donors (Lipinski definition) is 2. The SMILES string of the molecule is COc1c2cc(c(O)c1OC)CCCCC(=O)CCc1ccc(O)c-2c1. The molecule has 0 radical (unpaired) electrons. The molecule has 5 nitrogen and oxygen atoms in total. The largest absolute Gasteiger partial charge is 0.507 e. The van der Waals surface area contributed by atoms with Crippen molar-refractivity contribution < 1.29 is 24.5 Å². The van der Waals surface area contributed by atoms with Crippen molar-refractivity contribution in [1.29, 1.82) is 0 Å². The molecular formula is C21H24O5. The van der Waals surface area contributed by atoms with Gasteiger partial charge in [0.15, 0.2) is 11.5 Å². The number of ketones is 1. The maximum Gasteiger partial charge on any atom is 0.203 e. The van der Waals surface area contributed by atoms with Crippen molar-refractivity contribution in [2.75, 3.05) is 14.2 Å². The van der Waals surface area contributed by atoms with Crippen LogP contribution in [-0.4, -0.2) is 30.2 Å². The van der Waals surface area contributed by atoms with Gasteiger partial charge in [0.25, 0.3) is 0 Å². The summed E-state index contributed by atoms with van der Waals surface area (Å²) < 4.78 is 10.9. The highest BCUT2D eigenvalue weighted by molar-refractivity contribution is 5.82. The summed E-state index contributed by atoms with van der Waals surface area (Å²) in [5, 5.41) is 21.0. The third-order valence-electron chi connectivity index (χ3n) is 4.89. The first-order valence-electron chi connectivity index (χ1n) is 8.86. The highest BCUT2D eigenvalue weighted by atomic mass is 16.5. The molecule has 0 heterocycles. The van der Waals surface area contributed by atoms with Crippen molar-refractivity contribution in [1.82, 2.24) is 0 Å². The number of phenolic OH excluding ortho intramolecular Hbond substituents is 2. The Kier molecular flexibility index (Phi) is 5.35. The number of carbonyl (C=O) groups is 1. The monoisotopic (exact) mass is 356 g/mol. The zero-order valence-corrected chi connectivity index (χ0v) is 15.2. The molecule has 0 aromatic heterocycles. The molecule has 3 rings (SSSR count). The standard InChI is InChI=1S/C21H24O5/c1-25-20-17-12-14(19(24)21(20)26-2)5-3-4-6-15(22)9-7-13-8-10-18(23)16(17)11-13/h8,10-12,23-24H,3-7,9H2,1-2H3. The van der Waals surface area contributed by atoms with Crippen molar-refractivity contribution in [3.8, 4) is 34.1 Å². The molecule has 5 heteroatoms. The van der Waals surface area contributed by atoms with E-state index in [9.17, 15) is 15.0 Å². The van der Waals surface area contributed by atoms with Gasteiger partial charge in [0.1, 0.15) is 11.5 Å². The van der Waals surface area contributed by atoms with Crippen LogP contribution >= 0.6 is 0 Å². The van der Waals surface area contributed by atoms with Gasteiger partial charge >= 0.3 is 0 Å². The van der Waals surface area contributed by atoms with Crippen LogP contribution in [0, 0.1) is 0 Å². The molecule has 0 spiro atoms. The van der Waals surface area contributed by atoms with E-state index in [1.54, 1.807) is 6.07 Å². The summed E-state index contributed by atoms with van der Waals surface area (Å²) in [6.45, 7) is 0. The number of benzene rings is 2. The molecule has 0 fully saturated rings. The number of rotatable bonds is 2. The van der Waals surface area contributed by atoms with Crippen molar-refractivity contribution in [2.45, 2.75) is 38.5 Å². The van der Waals surface area contributed by atoms with Crippen LogP contribution in [0.15, 0.2) is 24.3 Å². The number of fused-ring (bicyclic) bond motifs is 5. The number of Topliss-reactive ketones (excluding diaryl/α,β-unsaturated/α-hetero) is 1. The Balaban J connectivity index is 2.23. The maximum atomic E-state index is 12.1. The average molecular weight is 356 g/mol. The molecule has 0 atom stereocenters. The Morgan fingerprint density at radius 1 is 0.846 bits per heavy atom. The van der Waals surface area contributed by atoms with Gasteiger partial charge in [-0.2, -0.15) is 0 Å². The molecule has 0 saturated carbocycles. The molecule has 138 valence electrons. The maximum absolute atomic E-state index is 12.1. The normalized spacial score (nSPS) is 14.8. The smallest absolute Gasteiger partial charge is 0.203 e. The van der Waals surface area contributed by atoms with Gasteiger partial charge in [0.05, 0.1) is 14.2 Å². The van der Waals surface area contributed by atoms with E-state index in [1.807, 2.05) is 18.2 Å². The van der Waals surface area contributed by atoms with Crippen LogP contribution in [-0.2, 0) is 17.6 Å². The number of ether oxygens (including phenoxy) is 2. The van der Waals surface area contributed by atoms with Gasteiger partial charge in [-0.15, -0.1) is 0 Å². The fourth-order valence-corrected chi connectivity index (χ4v) is 3.47. The van der Waals surface area contributed by atoms with E-state index in [4.69, 9.17) is 9.47 Å². The predicted molar refractivity (Wildman–Crippen MR) is 99.2 cm³/mol. The molecule has 0 aliphatic heterocycles. The summed E-state index contributed by atoms with van der Waals surface area (Å²) in [6, 6.07) is 7.18. The molecule has 0 amide bonds. The van der Waals surface area contributed by atoms with Gasteiger partial charge in [-0.1, -0.05) is 6.07 Å². The Morgan fingerprint density at radius 2 is 1.58 bits per heavy atom. The predicted octanol–water partition coefficient (Wildman–Crippen LogP) is 4.01. The molecule has 0 unspecified atom stereocenters. The van der Waals surface area contributed by atoms with Crippen LogP contribution < -0.4 is 9.47 Å². The lowest BCUT2D eigenvalue weighted by Gasteiger charge is -2.18.